The van der Waals surface area contributed by atoms with Crippen LogP contribution in [-0.2, 0) is 12.8 Å². The predicted molar refractivity (Wildman–Crippen MR) is 58.4 cm³/mol. The van der Waals surface area contributed by atoms with E-state index >= 15 is 0 Å². The molecule has 2 unspecified atom stereocenters. The topological polar surface area (TPSA) is 58.3 Å². The Bertz CT molecular complexity index is 302. The van der Waals surface area contributed by atoms with Crippen LogP contribution in [-0.4, -0.2) is 30.3 Å². The Morgan fingerprint density at radius 3 is 3.20 bits per heavy atom. The van der Waals surface area contributed by atoms with Crippen LogP contribution in [0.15, 0.2) is 12.1 Å². The first-order chi connectivity index (χ1) is 7.29. The van der Waals surface area contributed by atoms with E-state index in [9.17, 15) is 5.11 Å². The molecule has 80 valence electrons. The molecule has 0 aliphatic heterocycles. The van der Waals surface area contributed by atoms with E-state index in [0.717, 1.165) is 12.8 Å². The largest absolute Gasteiger partial charge is 0.390 e. The maximum Gasteiger partial charge on any atom is 0.0786 e. The Morgan fingerprint density at radius 1 is 1.60 bits per heavy atom. The molecule has 0 saturated heterocycles. The summed E-state index contributed by atoms with van der Waals surface area (Å²) in [5, 5.41) is 12.6. The van der Waals surface area contributed by atoms with Crippen LogP contribution in [0.25, 0.3) is 0 Å². The van der Waals surface area contributed by atoms with E-state index < -0.39 is 6.10 Å². The molecule has 2 atom stereocenters. The summed E-state index contributed by atoms with van der Waals surface area (Å²) >= 11 is 0. The van der Waals surface area contributed by atoms with Crippen LogP contribution in [0.2, 0.25) is 0 Å². The van der Waals surface area contributed by atoms with Crippen molar-refractivity contribution in [2.24, 2.45) is 5.73 Å². The van der Waals surface area contributed by atoms with E-state index in [2.05, 4.69) is 23.5 Å². The predicted octanol–water partition coefficient (Wildman–Crippen LogP) is -0.337. The second kappa shape index (κ2) is 4.63. The third kappa shape index (κ3) is 2.48. The zero-order valence-electron chi connectivity index (χ0n) is 8.66. The zero-order valence-corrected chi connectivity index (χ0v) is 8.66. The lowest BCUT2D eigenvalue weighted by Gasteiger charge is -2.14. The van der Waals surface area contributed by atoms with Gasteiger partial charge in [-0.15, -0.1) is 0 Å². The summed E-state index contributed by atoms with van der Waals surface area (Å²) in [6, 6.07) is 10.5. The molecule has 3 heteroatoms. The highest BCUT2D eigenvalue weighted by Gasteiger charge is 2.20. The molecule has 15 heavy (non-hydrogen) atoms. The van der Waals surface area contributed by atoms with Gasteiger partial charge in [0.2, 0.25) is 0 Å². The van der Waals surface area contributed by atoms with E-state index in [1.165, 1.54) is 11.1 Å². The fraction of sp³-hybridized carbons (Fsp3) is 0.500. The molecule has 1 aliphatic rings. The highest BCUT2D eigenvalue weighted by Crippen LogP contribution is 2.19. The molecular weight excluding hydrogens is 188 g/mol. The summed E-state index contributed by atoms with van der Waals surface area (Å²) < 4.78 is 0. The minimum atomic E-state index is -0.441. The molecule has 0 aromatic heterocycles. The van der Waals surface area contributed by atoms with Crippen molar-refractivity contribution < 1.29 is 5.11 Å². The monoisotopic (exact) mass is 204 g/mol. The molecule has 0 spiro atoms. The van der Waals surface area contributed by atoms with Crippen LogP contribution < -0.4 is 11.1 Å². The quantitative estimate of drug-likeness (QED) is 0.629. The van der Waals surface area contributed by atoms with Crippen molar-refractivity contribution in [3.05, 3.63) is 35.4 Å². The van der Waals surface area contributed by atoms with E-state index in [4.69, 9.17) is 5.73 Å². The summed E-state index contributed by atoms with van der Waals surface area (Å²) in [6.45, 7) is 0.880. The molecule has 1 aromatic rings. The Kier molecular flexibility index (Phi) is 3.22. The van der Waals surface area contributed by atoms with E-state index in [-0.39, 0.29) is 0 Å². The Morgan fingerprint density at radius 2 is 2.47 bits per heavy atom. The standard InChI is InChI=1S/C12H16N2O/c13-7-12(15)8-14-11-5-9-3-1-2-4-10(9)6-11/h1,3,11-12,14-15H,5-8,13H2. The number of fused-ring (bicyclic) bond motifs is 1. The fourth-order valence-electron chi connectivity index (χ4n) is 1.94. The molecule has 3 nitrogen and oxygen atoms in total. The number of hydrogen-bond acceptors (Lipinski definition) is 3. The first-order valence-corrected chi connectivity index (χ1v) is 5.31. The van der Waals surface area contributed by atoms with Crippen molar-refractivity contribution in [3.63, 3.8) is 0 Å². The van der Waals surface area contributed by atoms with Crippen molar-refractivity contribution in [2.45, 2.75) is 25.0 Å². The van der Waals surface area contributed by atoms with Gasteiger partial charge in [0.1, 0.15) is 0 Å². The Labute approximate surface area is 90.3 Å². The molecular formula is C12H16N2O. The number of aliphatic hydroxyl groups is 1. The first-order valence-electron chi connectivity index (χ1n) is 5.31. The summed E-state index contributed by atoms with van der Waals surface area (Å²) in [4.78, 5) is 0. The second-order valence-corrected chi connectivity index (χ2v) is 4.01. The molecule has 0 radical (unpaired) electrons. The summed E-state index contributed by atoms with van der Waals surface area (Å²) in [6.07, 6.45) is 1.55. The van der Waals surface area contributed by atoms with Gasteiger partial charge in [-0.25, -0.2) is 0 Å². The molecule has 0 fully saturated rings. The van der Waals surface area contributed by atoms with Gasteiger partial charge in [0.05, 0.1) is 6.10 Å². The molecule has 0 amide bonds. The Hall–Kier alpha value is -1.08. The molecule has 1 aromatic carbocycles. The van der Waals surface area contributed by atoms with Crippen molar-refractivity contribution in [1.29, 1.82) is 0 Å². The lowest BCUT2D eigenvalue weighted by atomic mass is 10.2. The average molecular weight is 204 g/mol. The van der Waals surface area contributed by atoms with Crippen LogP contribution in [0, 0.1) is 12.1 Å². The Balaban J connectivity index is 1.85. The molecule has 0 bridgehead atoms. The molecule has 1 aliphatic carbocycles. The van der Waals surface area contributed by atoms with E-state index in [1.54, 1.807) is 0 Å². The normalized spacial score (nSPS) is 17.2. The summed E-state index contributed by atoms with van der Waals surface area (Å²) in [7, 11) is 0. The molecule has 0 heterocycles. The van der Waals surface area contributed by atoms with Gasteiger partial charge in [0.15, 0.2) is 0 Å². The highest BCUT2D eigenvalue weighted by molar-refractivity contribution is 5.29. The van der Waals surface area contributed by atoms with Gasteiger partial charge in [0.25, 0.3) is 0 Å². The third-order valence-corrected chi connectivity index (χ3v) is 2.81. The second-order valence-electron chi connectivity index (χ2n) is 4.01. The van der Waals surface area contributed by atoms with Gasteiger partial charge in [0, 0.05) is 24.7 Å². The van der Waals surface area contributed by atoms with Gasteiger partial charge in [-0.2, -0.15) is 0 Å². The number of nitrogens with one attached hydrogen (secondary N) is 1. The van der Waals surface area contributed by atoms with Crippen molar-refractivity contribution >= 4 is 0 Å². The van der Waals surface area contributed by atoms with Crippen molar-refractivity contribution in [2.75, 3.05) is 13.1 Å². The van der Waals surface area contributed by atoms with Crippen molar-refractivity contribution in [3.8, 4) is 0 Å². The van der Waals surface area contributed by atoms with Crippen LogP contribution in [0.4, 0.5) is 0 Å². The first kappa shape index (κ1) is 10.4. The van der Waals surface area contributed by atoms with Gasteiger partial charge in [-0.1, -0.05) is 12.1 Å². The minimum absolute atomic E-state index is 0.312. The summed E-state index contributed by atoms with van der Waals surface area (Å²) in [5.41, 5.74) is 7.93. The maximum atomic E-state index is 9.33. The maximum absolute atomic E-state index is 9.33. The van der Waals surface area contributed by atoms with Crippen LogP contribution in [0.1, 0.15) is 11.1 Å². The van der Waals surface area contributed by atoms with Crippen molar-refractivity contribution in [1.82, 2.24) is 5.32 Å². The van der Waals surface area contributed by atoms with Crippen LogP contribution in [0.5, 0.6) is 0 Å². The van der Waals surface area contributed by atoms with E-state index in [0.29, 0.717) is 19.1 Å². The minimum Gasteiger partial charge on any atom is -0.390 e. The van der Waals surface area contributed by atoms with Gasteiger partial charge in [-0.3, -0.25) is 0 Å². The van der Waals surface area contributed by atoms with Crippen LogP contribution in [0.3, 0.4) is 0 Å². The average Bonchev–Trinajstić information content (AvgIpc) is 2.68. The number of nitrogens with two attached hydrogens (primary N) is 1. The van der Waals surface area contributed by atoms with Gasteiger partial charge < -0.3 is 16.2 Å². The number of hydrogen-bond donors (Lipinski definition) is 3. The lowest BCUT2D eigenvalue weighted by Crippen LogP contribution is -2.39. The van der Waals surface area contributed by atoms with E-state index in [1.807, 2.05) is 6.07 Å². The third-order valence-electron chi connectivity index (χ3n) is 2.81. The SMILES string of the molecule is NCC(O)CNC1Cc2c#cccc2C1. The lowest BCUT2D eigenvalue weighted by molar-refractivity contribution is 0.175. The number of aliphatic hydroxyl groups excluding tert-OH is 1. The molecule has 0 saturated carbocycles. The van der Waals surface area contributed by atoms with Gasteiger partial charge in [-0.05, 0) is 30.5 Å². The zero-order chi connectivity index (χ0) is 10.7. The fourth-order valence-corrected chi connectivity index (χ4v) is 1.94. The van der Waals surface area contributed by atoms with Crippen LogP contribution >= 0.6 is 0 Å². The van der Waals surface area contributed by atoms with Gasteiger partial charge >= 0.3 is 0 Å². The molecule has 2 rings (SSSR count). The smallest absolute Gasteiger partial charge is 0.0786 e. The number of rotatable bonds is 4. The highest BCUT2D eigenvalue weighted by atomic mass is 16.3. The summed E-state index contributed by atoms with van der Waals surface area (Å²) in [5.74, 6) is 0. The molecule has 4 N–H and O–H groups in total.